The number of halogens is 1. The number of rotatable bonds is 6. The summed E-state index contributed by atoms with van der Waals surface area (Å²) in [7, 11) is 0. The largest absolute Gasteiger partial charge is 0.396 e. The van der Waals surface area contributed by atoms with Crippen molar-refractivity contribution in [3.8, 4) is 0 Å². The maximum Gasteiger partial charge on any atom is 0.0434 e. The second kappa shape index (κ2) is 6.55. The van der Waals surface area contributed by atoms with E-state index in [0.717, 1.165) is 37.3 Å². The van der Waals surface area contributed by atoms with E-state index in [1.807, 2.05) is 6.07 Å². The third-order valence-electron chi connectivity index (χ3n) is 3.95. The van der Waals surface area contributed by atoms with E-state index in [2.05, 4.69) is 24.4 Å². The molecular formula is C15H22ClNO. The summed E-state index contributed by atoms with van der Waals surface area (Å²) in [6.45, 7) is 3.46. The summed E-state index contributed by atoms with van der Waals surface area (Å²) in [6, 6.07) is 6.68. The maximum atomic E-state index is 9.01. The van der Waals surface area contributed by atoms with Gasteiger partial charge in [0.15, 0.2) is 0 Å². The standard InChI is InChI=1S/C15H22ClNO/c1-2-11(7-8-18)10-17-15-6-3-12-9-13(16)4-5-14(12)15/h4-5,9,11,15,17-18H,2-3,6-8,10H2,1H3. The fourth-order valence-electron chi connectivity index (χ4n) is 2.74. The molecule has 3 heteroatoms. The van der Waals surface area contributed by atoms with E-state index in [1.54, 1.807) is 0 Å². The highest BCUT2D eigenvalue weighted by atomic mass is 35.5. The first kappa shape index (κ1) is 13.9. The molecule has 0 fully saturated rings. The van der Waals surface area contributed by atoms with Crippen molar-refractivity contribution in [2.24, 2.45) is 5.92 Å². The van der Waals surface area contributed by atoms with Gasteiger partial charge < -0.3 is 10.4 Å². The Morgan fingerprint density at radius 2 is 2.33 bits per heavy atom. The van der Waals surface area contributed by atoms with E-state index in [-0.39, 0.29) is 6.61 Å². The minimum absolute atomic E-state index is 0.289. The van der Waals surface area contributed by atoms with Crippen molar-refractivity contribution in [2.75, 3.05) is 13.2 Å². The molecule has 1 aromatic rings. The molecular weight excluding hydrogens is 246 g/mol. The van der Waals surface area contributed by atoms with Crippen LogP contribution in [0.15, 0.2) is 18.2 Å². The van der Waals surface area contributed by atoms with Gasteiger partial charge in [0.05, 0.1) is 0 Å². The lowest BCUT2D eigenvalue weighted by Crippen LogP contribution is -2.26. The summed E-state index contributed by atoms with van der Waals surface area (Å²) in [4.78, 5) is 0. The van der Waals surface area contributed by atoms with E-state index in [9.17, 15) is 0 Å². The van der Waals surface area contributed by atoms with Crippen molar-refractivity contribution in [1.29, 1.82) is 0 Å². The number of hydrogen-bond donors (Lipinski definition) is 2. The van der Waals surface area contributed by atoms with Crippen LogP contribution in [0.5, 0.6) is 0 Å². The molecule has 1 aliphatic carbocycles. The normalized spacial score (nSPS) is 19.8. The van der Waals surface area contributed by atoms with Crippen LogP contribution in [0.1, 0.15) is 43.4 Å². The fourth-order valence-corrected chi connectivity index (χ4v) is 2.93. The molecule has 0 saturated carbocycles. The molecule has 1 aromatic carbocycles. The Bertz CT molecular complexity index is 394. The van der Waals surface area contributed by atoms with Gasteiger partial charge in [0.2, 0.25) is 0 Å². The van der Waals surface area contributed by atoms with Gasteiger partial charge >= 0.3 is 0 Å². The lowest BCUT2D eigenvalue weighted by atomic mass is 10.0. The maximum absolute atomic E-state index is 9.01. The summed E-state index contributed by atoms with van der Waals surface area (Å²) in [6.07, 6.45) is 4.28. The summed E-state index contributed by atoms with van der Waals surface area (Å²) in [5.41, 5.74) is 2.79. The summed E-state index contributed by atoms with van der Waals surface area (Å²) in [5, 5.41) is 13.5. The molecule has 0 bridgehead atoms. The van der Waals surface area contributed by atoms with E-state index >= 15 is 0 Å². The zero-order chi connectivity index (χ0) is 13.0. The van der Waals surface area contributed by atoms with Gasteiger partial charge in [0.25, 0.3) is 0 Å². The molecule has 0 aromatic heterocycles. The molecule has 1 aliphatic rings. The van der Waals surface area contributed by atoms with Gasteiger partial charge in [-0.2, -0.15) is 0 Å². The van der Waals surface area contributed by atoms with Crippen LogP contribution < -0.4 is 5.32 Å². The highest BCUT2D eigenvalue weighted by molar-refractivity contribution is 6.30. The lowest BCUT2D eigenvalue weighted by Gasteiger charge is -2.19. The topological polar surface area (TPSA) is 32.3 Å². The molecule has 18 heavy (non-hydrogen) atoms. The second-order valence-electron chi connectivity index (χ2n) is 5.13. The zero-order valence-electron chi connectivity index (χ0n) is 11.0. The first-order chi connectivity index (χ1) is 8.74. The Kier molecular flexibility index (Phi) is 5.04. The minimum Gasteiger partial charge on any atom is -0.396 e. The van der Waals surface area contributed by atoms with E-state index < -0.39 is 0 Å². The van der Waals surface area contributed by atoms with Crippen LogP contribution in [0.3, 0.4) is 0 Å². The van der Waals surface area contributed by atoms with Gasteiger partial charge in [0, 0.05) is 17.7 Å². The molecule has 0 heterocycles. The molecule has 100 valence electrons. The Labute approximate surface area is 114 Å². The molecule has 0 aliphatic heterocycles. The average Bonchev–Trinajstić information content (AvgIpc) is 2.76. The van der Waals surface area contributed by atoms with Gasteiger partial charge in [0.1, 0.15) is 0 Å². The number of nitrogens with one attached hydrogen (secondary N) is 1. The quantitative estimate of drug-likeness (QED) is 0.829. The fraction of sp³-hybridized carbons (Fsp3) is 0.600. The van der Waals surface area contributed by atoms with Crippen LogP contribution in [0.2, 0.25) is 5.02 Å². The third-order valence-corrected chi connectivity index (χ3v) is 4.19. The molecule has 2 atom stereocenters. The van der Waals surface area contributed by atoms with Crippen molar-refractivity contribution in [1.82, 2.24) is 5.32 Å². The highest BCUT2D eigenvalue weighted by Crippen LogP contribution is 2.32. The van der Waals surface area contributed by atoms with Crippen LogP contribution in [0, 0.1) is 5.92 Å². The molecule has 0 saturated heterocycles. The zero-order valence-corrected chi connectivity index (χ0v) is 11.7. The monoisotopic (exact) mass is 267 g/mol. The number of hydrogen-bond acceptors (Lipinski definition) is 2. The van der Waals surface area contributed by atoms with Crippen molar-refractivity contribution in [3.63, 3.8) is 0 Å². The molecule has 2 N–H and O–H groups in total. The Morgan fingerprint density at radius 1 is 1.50 bits per heavy atom. The van der Waals surface area contributed by atoms with Crippen LogP contribution in [-0.2, 0) is 6.42 Å². The average molecular weight is 268 g/mol. The predicted molar refractivity (Wildman–Crippen MR) is 76.0 cm³/mol. The van der Waals surface area contributed by atoms with Crippen molar-refractivity contribution >= 4 is 11.6 Å². The third kappa shape index (κ3) is 3.25. The van der Waals surface area contributed by atoms with Crippen LogP contribution in [0.25, 0.3) is 0 Å². The minimum atomic E-state index is 0.289. The first-order valence-electron chi connectivity index (χ1n) is 6.87. The van der Waals surface area contributed by atoms with Crippen molar-refractivity contribution < 1.29 is 5.11 Å². The smallest absolute Gasteiger partial charge is 0.0434 e. The number of benzene rings is 1. The molecule has 0 radical (unpaired) electrons. The van der Waals surface area contributed by atoms with Gasteiger partial charge in [-0.3, -0.25) is 0 Å². The Morgan fingerprint density at radius 3 is 3.06 bits per heavy atom. The summed E-state index contributed by atoms with van der Waals surface area (Å²) in [5.74, 6) is 0.575. The van der Waals surface area contributed by atoms with E-state index in [1.165, 1.54) is 11.1 Å². The lowest BCUT2D eigenvalue weighted by molar-refractivity contribution is 0.248. The predicted octanol–water partition coefficient (Wildman–Crippen LogP) is 3.33. The number of aryl methyl sites for hydroxylation is 1. The van der Waals surface area contributed by atoms with Crippen LogP contribution >= 0.6 is 11.6 Å². The first-order valence-corrected chi connectivity index (χ1v) is 7.25. The number of aliphatic hydroxyl groups is 1. The molecule has 2 nitrogen and oxygen atoms in total. The summed E-state index contributed by atoms with van der Waals surface area (Å²) < 4.78 is 0. The van der Waals surface area contributed by atoms with E-state index in [4.69, 9.17) is 16.7 Å². The van der Waals surface area contributed by atoms with Gasteiger partial charge in [-0.1, -0.05) is 31.0 Å². The summed E-state index contributed by atoms with van der Waals surface area (Å²) >= 11 is 6.01. The second-order valence-corrected chi connectivity index (χ2v) is 5.57. The molecule has 2 rings (SSSR count). The Hall–Kier alpha value is -0.570. The number of fused-ring (bicyclic) bond motifs is 1. The molecule has 0 amide bonds. The van der Waals surface area contributed by atoms with Crippen molar-refractivity contribution in [3.05, 3.63) is 34.3 Å². The van der Waals surface area contributed by atoms with Gasteiger partial charge in [-0.15, -0.1) is 0 Å². The van der Waals surface area contributed by atoms with Gasteiger partial charge in [-0.25, -0.2) is 0 Å². The highest BCUT2D eigenvalue weighted by Gasteiger charge is 2.22. The van der Waals surface area contributed by atoms with Crippen molar-refractivity contribution in [2.45, 2.75) is 38.6 Å². The Balaban J connectivity index is 1.93. The molecule has 0 spiro atoms. The van der Waals surface area contributed by atoms with Crippen LogP contribution in [0.4, 0.5) is 0 Å². The van der Waals surface area contributed by atoms with Gasteiger partial charge in [-0.05, 0) is 55.0 Å². The molecule has 2 unspecified atom stereocenters. The van der Waals surface area contributed by atoms with Crippen LogP contribution in [-0.4, -0.2) is 18.3 Å². The number of aliphatic hydroxyl groups excluding tert-OH is 1. The SMILES string of the molecule is CCC(CCO)CNC1CCc2cc(Cl)ccc21. The van der Waals surface area contributed by atoms with E-state index in [0.29, 0.717) is 12.0 Å².